The van der Waals surface area contributed by atoms with E-state index in [2.05, 4.69) is 13.0 Å². The molecule has 0 saturated heterocycles. The van der Waals surface area contributed by atoms with Crippen LogP contribution in [0.2, 0.25) is 0 Å². The number of hydrogen-bond donors (Lipinski definition) is 1. The Balaban J connectivity index is 2.89. The van der Waals surface area contributed by atoms with Gasteiger partial charge in [0.15, 0.2) is 0 Å². The number of hydrogen-bond acceptors (Lipinski definition) is 2. The van der Waals surface area contributed by atoms with E-state index < -0.39 is 0 Å². The molecule has 2 N–H and O–H groups in total. The summed E-state index contributed by atoms with van der Waals surface area (Å²) in [4.78, 5) is 0. The number of benzene rings is 1. The third-order valence-electron chi connectivity index (χ3n) is 2.05. The van der Waals surface area contributed by atoms with Gasteiger partial charge in [0, 0.05) is 6.20 Å². The standard InChI is InChI=1S/C13H17NO/c1-4-5-12(9-14)15-13-7-6-10(2)8-11(13)3/h4-9H,14H2,1-3H3/b5-4-,12-9+. The fraction of sp³-hybridized carbons (Fsp3) is 0.231. The smallest absolute Gasteiger partial charge is 0.142 e. The molecule has 2 nitrogen and oxygen atoms in total. The first-order valence-corrected chi connectivity index (χ1v) is 4.97. The lowest BCUT2D eigenvalue weighted by Crippen LogP contribution is -1.97. The lowest BCUT2D eigenvalue weighted by molar-refractivity contribution is 0.439. The number of allylic oxidation sites excluding steroid dienone is 2. The number of rotatable bonds is 3. The van der Waals surface area contributed by atoms with Gasteiger partial charge in [-0.2, -0.15) is 0 Å². The molecule has 80 valence electrons. The van der Waals surface area contributed by atoms with E-state index in [1.807, 2.05) is 38.1 Å². The largest absolute Gasteiger partial charge is 0.456 e. The van der Waals surface area contributed by atoms with Gasteiger partial charge in [-0.3, -0.25) is 0 Å². The van der Waals surface area contributed by atoms with Crippen LogP contribution in [-0.2, 0) is 0 Å². The maximum Gasteiger partial charge on any atom is 0.142 e. The van der Waals surface area contributed by atoms with E-state index in [1.54, 1.807) is 0 Å². The normalized spacial score (nSPS) is 12.1. The van der Waals surface area contributed by atoms with Crippen molar-refractivity contribution >= 4 is 0 Å². The second-order valence-electron chi connectivity index (χ2n) is 3.44. The van der Waals surface area contributed by atoms with Gasteiger partial charge in [-0.25, -0.2) is 0 Å². The zero-order chi connectivity index (χ0) is 11.3. The third-order valence-corrected chi connectivity index (χ3v) is 2.05. The van der Waals surface area contributed by atoms with E-state index in [9.17, 15) is 0 Å². The summed E-state index contributed by atoms with van der Waals surface area (Å²) in [6.45, 7) is 6.00. The molecule has 0 unspecified atom stereocenters. The Bertz CT molecular complexity index is 392. The topological polar surface area (TPSA) is 35.2 Å². The minimum Gasteiger partial charge on any atom is -0.456 e. The van der Waals surface area contributed by atoms with Crippen molar-refractivity contribution in [3.63, 3.8) is 0 Å². The number of aryl methyl sites for hydroxylation is 2. The number of nitrogens with two attached hydrogens (primary N) is 1. The van der Waals surface area contributed by atoms with E-state index in [1.165, 1.54) is 11.8 Å². The molecule has 0 aliphatic rings. The second kappa shape index (κ2) is 5.25. The molecule has 0 saturated carbocycles. The van der Waals surface area contributed by atoms with E-state index in [4.69, 9.17) is 10.5 Å². The Kier molecular flexibility index (Phi) is 3.98. The van der Waals surface area contributed by atoms with E-state index in [0.29, 0.717) is 5.76 Å². The van der Waals surface area contributed by atoms with Crippen molar-refractivity contribution in [1.29, 1.82) is 0 Å². The van der Waals surface area contributed by atoms with Gasteiger partial charge in [0.2, 0.25) is 0 Å². The zero-order valence-corrected chi connectivity index (χ0v) is 9.45. The Morgan fingerprint density at radius 2 is 2.07 bits per heavy atom. The molecule has 1 aromatic rings. The predicted octanol–water partition coefficient (Wildman–Crippen LogP) is 3.06. The lowest BCUT2D eigenvalue weighted by atomic mass is 10.1. The first-order valence-electron chi connectivity index (χ1n) is 4.97. The summed E-state index contributed by atoms with van der Waals surface area (Å²) in [6.07, 6.45) is 5.18. The molecule has 0 spiro atoms. The monoisotopic (exact) mass is 203 g/mol. The van der Waals surface area contributed by atoms with Gasteiger partial charge in [0.05, 0.1) is 0 Å². The van der Waals surface area contributed by atoms with E-state index >= 15 is 0 Å². The predicted molar refractivity (Wildman–Crippen MR) is 63.6 cm³/mol. The molecule has 0 atom stereocenters. The molecule has 0 heterocycles. The molecule has 0 aliphatic carbocycles. The molecule has 0 bridgehead atoms. The fourth-order valence-corrected chi connectivity index (χ4v) is 1.33. The van der Waals surface area contributed by atoms with Gasteiger partial charge in [0.1, 0.15) is 11.5 Å². The summed E-state index contributed by atoms with van der Waals surface area (Å²) in [5.74, 6) is 1.50. The highest BCUT2D eigenvalue weighted by Crippen LogP contribution is 2.21. The van der Waals surface area contributed by atoms with Crippen molar-refractivity contribution in [3.05, 3.63) is 53.4 Å². The van der Waals surface area contributed by atoms with Gasteiger partial charge in [-0.05, 0) is 38.5 Å². The van der Waals surface area contributed by atoms with Gasteiger partial charge in [0.25, 0.3) is 0 Å². The summed E-state index contributed by atoms with van der Waals surface area (Å²) in [5, 5.41) is 0. The summed E-state index contributed by atoms with van der Waals surface area (Å²) < 4.78 is 5.64. The average Bonchev–Trinajstić information content (AvgIpc) is 2.21. The Morgan fingerprint density at radius 1 is 1.33 bits per heavy atom. The first kappa shape index (κ1) is 11.4. The van der Waals surface area contributed by atoms with E-state index in [0.717, 1.165) is 11.3 Å². The maximum atomic E-state index is 5.64. The molecule has 1 rings (SSSR count). The maximum absolute atomic E-state index is 5.64. The van der Waals surface area contributed by atoms with Crippen LogP contribution >= 0.6 is 0 Å². The molecule has 2 heteroatoms. The van der Waals surface area contributed by atoms with Gasteiger partial charge in [-0.15, -0.1) is 0 Å². The minimum atomic E-state index is 0.657. The molecular weight excluding hydrogens is 186 g/mol. The highest BCUT2D eigenvalue weighted by Gasteiger charge is 2.00. The van der Waals surface area contributed by atoms with Crippen LogP contribution in [0.25, 0.3) is 0 Å². The van der Waals surface area contributed by atoms with Crippen molar-refractivity contribution in [1.82, 2.24) is 0 Å². The van der Waals surface area contributed by atoms with Crippen LogP contribution in [0.5, 0.6) is 5.75 Å². The first-order chi connectivity index (χ1) is 7.17. The molecule has 0 fully saturated rings. The molecule has 0 aromatic heterocycles. The van der Waals surface area contributed by atoms with Crippen LogP contribution in [0.3, 0.4) is 0 Å². The van der Waals surface area contributed by atoms with Crippen LogP contribution in [0.15, 0.2) is 42.3 Å². The molecule has 15 heavy (non-hydrogen) atoms. The molecule has 0 radical (unpaired) electrons. The Labute approximate surface area is 91.1 Å². The highest BCUT2D eigenvalue weighted by molar-refractivity contribution is 5.37. The molecule has 0 aliphatic heterocycles. The highest BCUT2D eigenvalue weighted by atomic mass is 16.5. The van der Waals surface area contributed by atoms with Crippen molar-refractivity contribution < 1.29 is 4.74 Å². The summed E-state index contributed by atoms with van der Waals surface area (Å²) in [6, 6.07) is 6.06. The van der Waals surface area contributed by atoms with Gasteiger partial charge < -0.3 is 10.5 Å². The number of ether oxygens (including phenoxy) is 1. The van der Waals surface area contributed by atoms with Crippen LogP contribution < -0.4 is 10.5 Å². The summed E-state index contributed by atoms with van der Waals surface area (Å²) >= 11 is 0. The Hall–Kier alpha value is -1.70. The van der Waals surface area contributed by atoms with Crippen LogP contribution in [0, 0.1) is 13.8 Å². The quantitative estimate of drug-likeness (QED) is 0.605. The van der Waals surface area contributed by atoms with E-state index in [-0.39, 0.29) is 0 Å². The molecule has 1 aromatic carbocycles. The van der Waals surface area contributed by atoms with Crippen molar-refractivity contribution in [2.24, 2.45) is 5.73 Å². The molecular formula is C13H17NO. The molecule has 0 amide bonds. The summed E-state index contributed by atoms with van der Waals surface area (Å²) in [5.41, 5.74) is 7.78. The van der Waals surface area contributed by atoms with Gasteiger partial charge >= 0.3 is 0 Å². The SMILES string of the molecule is C/C=C\C(=C/N)Oc1ccc(C)cc1C. The fourth-order valence-electron chi connectivity index (χ4n) is 1.33. The van der Waals surface area contributed by atoms with Crippen molar-refractivity contribution in [3.8, 4) is 5.75 Å². The zero-order valence-electron chi connectivity index (χ0n) is 9.45. The lowest BCUT2D eigenvalue weighted by Gasteiger charge is -2.09. The van der Waals surface area contributed by atoms with Crippen molar-refractivity contribution in [2.75, 3.05) is 0 Å². The average molecular weight is 203 g/mol. The Morgan fingerprint density at radius 3 is 2.60 bits per heavy atom. The van der Waals surface area contributed by atoms with Crippen LogP contribution in [0.1, 0.15) is 18.1 Å². The van der Waals surface area contributed by atoms with Gasteiger partial charge in [-0.1, -0.05) is 23.8 Å². The second-order valence-corrected chi connectivity index (χ2v) is 3.44. The summed E-state index contributed by atoms with van der Waals surface area (Å²) in [7, 11) is 0. The van der Waals surface area contributed by atoms with Crippen LogP contribution in [0.4, 0.5) is 0 Å². The third kappa shape index (κ3) is 3.17. The van der Waals surface area contributed by atoms with Crippen LogP contribution in [-0.4, -0.2) is 0 Å². The minimum absolute atomic E-state index is 0.657. The van der Waals surface area contributed by atoms with Crippen molar-refractivity contribution in [2.45, 2.75) is 20.8 Å².